The maximum Gasteiger partial charge on any atom is 0.330 e. The minimum Gasteiger partial charge on any atom is -0.497 e. The summed E-state index contributed by atoms with van der Waals surface area (Å²) in [6.07, 6.45) is -2.95. The van der Waals surface area contributed by atoms with Gasteiger partial charge in [-0.15, -0.1) is 0 Å². The Morgan fingerprint density at radius 2 is 1.43 bits per heavy atom. The highest BCUT2D eigenvalue weighted by atomic mass is 16.5. The van der Waals surface area contributed by atoms with Crippen LogP contribution in [0.25, 0.3) is 0 Å². The Hall–Kier alpha value is -4.18. The van der Waals surface area contributed by atoms with E-state index in [0.717, 1.165) is 16.7 Å². The van der Waals surface area contributed by atoms with Crippen LogP contribution in [-0.2, 0) is 10.2 Å². The zero-order chi connectivity index (χ0) is 28.4. The fourth-order valence-electron chi connectivity index (χ4n) is 5.60. The Labute approximate surface area is 231 Å². The molecule has 0 spiro atoms. The van der Waals surface area contributed by atoms with Gasteiger partial charge in [0.2, 0.25) is 0 Å². The number of aromatic amines is 1. The molecule has 0 aliphatic carbocycles. The quantitative estimate of drug-likeness (QED) is 0.292. The molecule has 1 aliphatic heterocycles. The van der Waals surface area contributed by atoms with E-state index in [2.05, 4.69) is 4.98 Å². The third-order valence-electron chi connectivity index (χ3n) is 7.67. The van der Waals surface area contributed by atoms with Crippen molar-refractivity contribution in [1.82, 2.24) is 9.55 Å². The number of hydrogen-bond donors (Lipinski definition) is 3. The van der Waals surface area contributed by atoms with Crippen molar-refractivity contribution in [3.63, 3.8) is 0 Å². The van der Waals surface area contributed by atoms with Crippen LogP contribution in [0.3, 0.4) is 0 Å². The van der Waals surface area contributed by atoms with E-state index in [1.54, 1.807) is 21.1 Å². The molecule has 1 saturated heterocycles. The van der Waals surface area contributed by atoms with Crippen molar-refractivity contribution in [1.29, 1.82) is 0 Å². The van der Waals surface area contributed by atoms with Gasteiger partial charge in [0.1, 0.15) is 29.9 Å². The van der Waals surface area contributed by atoms with Crippen LogP contribution in [0.2, 0.25) is 0 Å². The standard InChI is InChI=1S/C31H32N2O7/c1-19-18-33(30(37)32-29(19)36)26-17-25(34)27(40-26)28(35)31(20-7-5-4-6-8-20,21-9-13-23(38-2)14-10-21)22-11-15-24(39-3)16-12-22/h4-16,18,25-28,34-35H,17H2,1-3H3,(H,32,36,37)/t25-,26-,27-,28?/m1/s1. The Morgan fingerprint density at radius 1 is 0.900 bits per heavy atom. The number of aliphatic hydroxyl groups excluding tert-OH is 2. The first-order valence-electron chi connectivity index (χ1n) is 13.0. The van der Waals surface area contributed by atoms with E-state index in [1.807, 2.05) is 78.9 Å². The van der Waals surface area contributed by atoms with Crippen LogP contribution >= 0.6 is 0 Å². The zero-order valence-electron chi connectivity index (χ0n) is 22.5. The summed E-state index contributed by atoms with van der Waals surface area (Å²) in [6, 6.07) is 24.3. The Balaban J connectivity index is 1.68. The first-order valence-corrected chi connectivity index (χ1v) is 13.0. The van der Waals surface area contributed by atoms with Gasteiger partial charge < -0.3 is 24.4 Å². The maximum atomic E-state index is 12.6. The summed E-state index contributed by atoms with van der Waals surface area (Å²) in [5.41, 5.74) is 0.251. The molecular weight excluding hydrogens is 512 g/mol. The number of nitrogens with zero attached hydrogens (tertiary/aromatic N) is 1. The van der Waals surface area contributed by atoms with E-state index in [0.29, 0.717) is 17.1 Å². The third kappa shape index (κ3) is 4.72. The lowest BCUT2D eigenvalue weighted by molar-refractivity contribution is -0.0976. The van der Waals surface area contributed by atoms with Gasteiger partial charge in [-0.1, -0.05) is 54.6 Å². The van der Waals surface area contributed by atoms with Gasteiger partial charge in [0, 0.05) is 18.2 Å². The van der Waals surface area contributed by atoms with E-state index in [1.165, 1.54) is 10.8 Å². The molecule has 4 atom stereocenters. The number of aromatic nitrogens is 2. The van der Waals surface area contributed by atoms with Gasteiger partial charge in [-0.3, -0.25) is 14.3 Å². The van der Waals surface area contributed by atoms with Crippen molar-refractivity contribution in [2.75, 3.05) is 14.2 Å². The third-order valence-corrected chi connectivity index (χ3v) is 7.67. The topological polar surface area (TPSA) is 123 Å². The van der Waals surface area contributed by atoms with E-state index in [-0.39, 0.29) is 6.42 Å². The molecule has 4 aromatic rings. The summed E-state index contributed by atoms with van der Waals surface area (Å²) in [5.74, 6) is 1.31. The number of nitrogens with one attached hydrogen (secondary N) is 1. The smallest absolute Gasteiger partial charge is 0.330 e. The van der Waals surface area contributed by atoms with Gasteiger partial charge in [0.05, 0.1) is 25.7 Å². The van der Waals surface area contributed by atoms with Gasteiger partial charge in [0.15, 0.2) is 0 Å². The summed E-state index contributed by atoms with van der Waals surface area (Å²) >= 11 is 0. The van der Waals surface area contributed by atoms with Gasteiger partial charge in [-0.25, -0.2) is 4.79 Å². The van der Waals surface area contributed by atoms with Gasteiger partial charge in [-0.05, 0) is 47.9 Å². The molecule has 1 aromatic heterocycles. The Morgan fingerprint density at radius 3 is 1.95 bits per heavy atom. The monoisotopic (exact) mass is 544 g/mol. The lowest BCUT2D eigenvalue weighted by Crippen LogP contribution is -2.51. The maximum absolute atomic E-state index is 12.6. The molecule has 0 bridgehead atoms. The first kappa shape index (κ1) is 27.4. The number of hydrogen-bond acceptors (Lipinski definition) is 7. The number of methoxy groups -OCH3 is 2. The molecule has 208 valence electrons. The van der Waals surface area contributed by atoms with Crippen molar-refractivity contribution >= 4 is 0 Å². The average Bonchev–Trinajstić information content (AvgIpc) is 3.37. The Kier molecular flexibility index (Phi) is 7.62. The minimum absolute atomic E-state index is 0.0449. The SMILES string of the molecule is COc1ccc(C(c2ccccc2)(c2ccc(OC)cc2)C(O)[C@@H]2O[C@@H](n3cc(C)c(=O)[nH]c3=O)C[C@H]2O)cc1. The normalized spacial score (nSPS) is 19.8. The highest BCUT2D eigenvalue weighted by molar-refractivity contribution is 5.54. The highest BCUT2D eigenvalue weighted by Crippen LogP contribution is 2.47. The van der Waals surface area contributed by atoms with Crippen LogP contribution in [0.15, 0.2) is 94.6 Å². The van der Waals surface area contributed by atoms with Crippen LogP contribution in [0.4, 0.5) is 0 Å². The summed E-state index contributed by atoms with van der Waals surface area (Å²) in [7, 11) is 3.17. The molecular formula is C31H32N2O7. The summed E-state index contributed by atoms with van der Waals surface area (Å²) < 4.78 is 18.3. The Bertz CT molecular complexity index is 1520. The molecule has 2 heterocycles. The fourth-order valence-corrected chi connectivity index (χ4v) is 5.60. The molecule has 9 heteroatoms. The van der Waals surface area contributed by atoms with Crippen molar-refractivity contribution < 1.29 is 24.4 Å². The number of H-pyrrole nitrogens is 1. The number of aryl methyl sites for hydroxylation is 1. The molecule has 1 fully saturated rings. The van der Waals surface area contributed by atoms with Crippen molar-refractivity contribution in [3.8, 4) is 11.5 Å². The molecule has 9 nitrogen and oxygen atoms in total. The molecule has 3 N–H and O–H groups in total. The summed E-state index contributed by atoms with van der Waals surface area (Å²) in [6.45, 7) is 1.58. The number of rotatable bonds is 8. The van der Waals surface area contributed by atoms with Gasteiger partial charge >= 0.3 is 5.69 Å². The lowest BCUT2D eigenvalue weighted by atomic mass is 9.64. The van der Waals surface area contributed by atoms with E-state index >= 15 is 0 Å². The van der Waals surface area contributed by atoms with Gasteiger partial charge in [0.25, 0.3) is 5.56 Å². The van der Waals surface area contributed by atoms with E-state index < -0.39 is 41.2 Å². The van der Waals surface area contributed by atoms with Crippen LogP contribution in [0, 0.1) is 6.92 Å². The number of ether oxygens (including phenoxy) is 3. The molecule has 0 saturated carbocycles. The minimum atomic E-state index is -1.31. The molecule has 1 unspecified atom stereocenters. The van der Waals surface area contributed by atoms with Crippen molar-refractivity contribution in [3.05, 3.63) is 128 Å². The molecule has 0 amide bonds. The molecule has 0 radical (unpaired) electrons. The molecule has 40 heavy (non-hydrogen) atoms. The second-order valence-corrected chi connectivity index (χ2v) is 9.91. The van der Waals surface area contributed by atoms with E-state index in [4.69, 9.17) is 14.2 Å². The molecule has 1 aliphatic rings. The summed E-state index contributed by atoms with van der Waals surface area (Å²) in [5, 5.41) is 23.6. The van der Waals surface area contributed by atoms with Crippen molar-refractivity contribution in [2.45, 2.75) is 43.3 Å². The summed E-state index contributed by atoms with van der Waals surface area (Å²) in [4.78, 5) is 26.8. The second kappa shape index (κ2) is 11.1. The first-order chi connectivity index (χ1) is 19.3. The predicted octanol–water partition coefficient (Wildman–Crippen LogP) is 2.91. The zero-order valence-corrected chi connectivity index (χ0v) is 22.5. The molecule has 3 aromatic carbocycles. The fraction of sp³-hybridized carbons (Fsp3) is 0.290. The van der Waals surface area contributed by atoms with Crippen LogP contribution in [0.5, 0.6) is 11.5 Å². The largest absolute Gasteiger partial charge is 0.497 e. The predicted molar refractivity (Wildman–Crippen MR) is 149 cm³/mol. The van der Waals surface area contributed by atoms with Gasteiger partial charge in [-0.2, -0.15) is 0 Å². The lowest BCUT2D eigenvalue weighted by Gasteiger charge is -2.43. The van der Waals surface area contributed by atoms with Crippen LogP contribution in [0.1, 0.15) is 34.9 Å². The average molecular weight is 545 g/mol. The highest BCUT2D eigenvalue weighted by Gasteiger charge is 2.52. The molecule has 5 rings (SSSR count). The van der Waals surface area contributed by atoms with Crippen LogP contribution in [-0.4, -0.2) is 52.3 Å². The van der Waals surface area contributed by atoms with Crippen LogP contribution < -0.4 is 20.7 Å². The van der Waals surface area contributed by atoms with Crippen molar-refractivity contribution in [2.24, 2.45) is 0 Å². The number of benzene rings is 3. The van der Waals surface area contributed by atoms with E-state index in [9.17, 15) is 19.8 Å². The second-order valence-electron chi connectivity index (χ2n) is 9.91. The number of aliphatic hydroxyl groups is 2.